The van der Waals surface area contributed by atoms with E-state index in [1.165, 1.54) is 11.3 Å². The summed E-state index contributed by atoms with van der Waals surface area (Å²) in [6, 6.07) is 21.7. The highest BCUT2D eigenvalue weighted by atomic mass is 32.1. The number of benzene rings is 2. The molecular weight excluding hydrogens is 344 g/mol. The van der Waals surface area contributed by atoms with Crippen molar-refractivity contribution in [3.63, 3.8) is 0 Å². The van der Waals surface area contributed by atoms with E-state index in [1.54, 1.807) is 6.33 Å². The zero-order valence-corrected chi connectivity index (χ0v) is 14.7. The predicted octanol–water partition coefficient (Wildman–Crippen LogP) is 3.93. The molecule has 0 saturated carbocycles. The Morgan fingerprint density at radius 2 is 1.73 bits per heavy atom. The van der Waals surface area contributed by atoms with Crippen LogP contribution in [0.3, 0.4) is 0 Å². The zero-order chi connectivity index (χ0) is 17.8. The molecule has 0 bridgehead atoms. The van der Waals surface area contributed by atoms with Crippen LogP contribution < -0.4 is 5.32 Å². The van der Waals surface area contributed by atoms with Crippen LogP contribution in [-0.2, 0) is 6.54 Å². The van der Waals surface area contributed by atoms with Crippen LogP contribution in [0, 0.1) is 0 Å². The molecular formula is C20H16N4OS. The van der Waals surface area contributed by atoms with Gasteiger partial charge in [0.25, 0.3) is 5.91 Å². The lowest BCUT2D eigenvalue weighted by Gasteiger charge is -2.08. The minimum Gasteiger partial charge on any atom is -0.344 e. The average Bonchev–Trinajstić information content (AvgIpc) is 3.37. The monoisotopic (exact) mass is 360 g/mol. The number of aromatic nitrogens is 3. The SMILES string of the molecule is O=C(NCc1nncn1-c1ccccc1)c1sccc1-c1ccccc1. The average molecular weight is 360 g/mol. The lowest BCUT2D eigenvalue weighted by molar-refractivity contribution is 0.0954. The van der Waals surface area contributed by atoms with Gasteiger partial charge in [0.2, 0.25) is 0 Å². The Labute approximate surface area is 155 Å². The molecule has 0 aliphatic heterocycles. The number of hydrogen-bond donors (Lipinski definition) is 1. The van der Waals surface area contributed by atoms with E-state index in [4.69, 9.17) is 0 Å². The minimum absolute atomic E-state index is 0.110. The van der Waals surface area contributed by atoms with Crippen LogP contribution in [0.5, 0.6) is 0 Å². The molecule has 128 valence electrons. The first-order valence-electron chi connectivity index (χ1n) is 8.18. The first kappa shape index (κ1) is 16.2. The van der Waals surface area contributed by atoms with Crippen molar-refractivity contribution in [2.24, 2.45) is 0 Å². The molecule has 2 aromatic heterocycles. The molecule has 0 spiro atoms. The maximum atomic E-state index is 12.7. The van der Waals surface area contributed by atoms with Crippen molar-refractivity contribution in [1.29, 1.82) is 0 Å². The second-order valence-electron chi connectivity index (χ2n) is 5.66. The highest BCUT2D eigenvalue weighted by Crippen LogP contribution is 2.28. The molecule has 1 N–H and O–H groups in total. The third kappa shape index (κ3) is 3.27. The number of thiophene rings is 1. The van der Waals surface area contributed by atoms with Crippen molar-refractivity contribution in [3.8, 4) is 16.8 Å². The van der Waals surface area contributed by atoms with Crippen molar-refractivity contribution in [1.82, 2.24) is 20.1 Å². The Morgan fingerprint density at radius 1 is 1.00 bits per heavy atom. The number of amides is 1. The van der Waals surface area contributed by atoms with E-state index >= 15 is 0 Å². The van der Waals surface area contributed by atoms with Gasteiger partial charge in [-0.05, 0) is 29.1 Å². The molecule has 0 unspecified atom stereocenters. The maximum absolute atomic E-state index is 12.7. The number of para-hydroxylation sites is 1. The lowest BCUT2D eigenvalue weighted by atomic mass is 10.1. The van der Waals surface area contributed by atoms with Crippen LogP contribution in [0.2, 0.25) is 0 Å². The number of hydrogen-bond acceptors (Lipinski definition) is 4. The molecule has 0 atom stereocenters. The number of nitrogens with zero attached hydrogens (tertiary/aromatic N) is 3. The van der Waals surface area contributed by atoms with E-state index < -0.39 is 0 Å². The second kappa shape index (κ2) is 7.33. The van der Waals surface area contributed by atoms with E-state index in [-0.39, 0.29) is 5.91 Å². The van der Waals surface area contributed by atoms with Crippen molar-refractivity contribution in [3.05, 3.63) is 89.1 Å². The van der Waals surface area contributed by atoms with Gasteiger partial charge in [-0.15, -0.1) is 21.5 Å². The van der Waals surface area contributed by atoms with Crippen LogP contribution in [0.1, 0.15) is 15.5 Å². The van der Waals surface area contributed by atoms with E-state index in [2.05, 4.69) is 15.5 Å². The Balaban J connectivity index is 1.52. The van der Waals surface area contributed by atoms with Crippen molar-refractivity contribution in [2.75, 3.05) is 0 Å². The first-order chi connectivity index (χ1) is 12.8. The molecule has 1 amide bonds. The van der Waals surface area contributed by atoms with Crippen molar-refractivity contribution >= 4 is 17.2 Å². The molecule has 2 aromatic carbocycles. The van der Waals surface area contributed by atoms with Gasteiger partial charge >= 0.3 is 0 Å². The van der Waals surface area contributed by atoms with Gasteiger partial charge in [-0.25, -0.2) is 0 Å². The molecule has 0 aliphatic carbocycles. The summed E-state index contributed by atoms with van der Waals surface area (Å²) < 4.78 is 1.87. The smallest absolute Gasteiger partial charge is 0.262 e. The van der Waals surface area contributed by atoms with Crippen molar-refractivity contribution < 1.29 is 4.79 Å². The molecule has 6 heteroatoms. The highest BCUT2D eigenvalue weighted by molar-refractivity contribution is 7.12. The number of carbonyl (C=O) groups is 1. The lowest BCUT2D eigenvalue weighted by Crippen LogP contribution is -2.24. The highest BCUT2D eigenvalue weighted by Gasteiger charge is 2.15. The molecule has 4 aromatic rings. The van der Waals surface area contributed by atoms with Gasteiger partial charge in [0.05, 0.1) is 11.4 Å². The third-order valence-corrected chi connectivity index (χ3v) is 4.93. The molecule has 26 heavy (non-hydrogen) atoms. The van der Waals surface area contributed by atoms with Gasteiger partial charge in [0.15, 0.2) is 5.82 Å². The number of rotatable bonds is 5. The van der Waals surface area contributed by atoms with Gasteiger partial charge in [0.1, 0.15) is 6.33 Å². The van der Waals surface area contributed by atoms with Crippen LogP contribution in [-0.4, -0.2) is 20.7 Å². The maximum Gasteiger partial charge on any atom is 0.262 e. The third-order valence-electron chi connectivity index (χ3n) is 4.02. The predicted molar refractivity (Wildman–Crippen MR) is 102 cm³/mol. The Kier molecular flexibility index (Phi) is 4.57. The van der Waals surface area contributed by atoms with E-state index in [1.807, 2.05) is 76.7 Å². The second-order valence-corrected chi connectivity index (χ2v) is 6.58. The summed E-state index contributed by atoms with van der Waals surface area (Å²) in [6.45, 7) is 0.305. The summed E-state index contributed by atoms with van der Waals surface area (Å²) in [5.41, 5.74) is 2.94. The van der Waals surface area contributed by atoms with Gasteiger partial charge in [-0.2, -0.15) is 0 Å². The number of nitrogens with one attached hydrogen (secondary N) is 1. The summed E-state index contributed by atoms with van der Waals surface area (Å²) >= 11 is 1.44. The van der Waals surface area contributed by atoms with Crippen LogP contribution in [0.4, 0.5) is 0 Å². The first-order valence-corrected chi connectivity index (χ1v) is 9.06. The van der Waals surface area contributed by atoms with Crippen LogP contribution in [0.15, 0.2) is 78.4 Å². The molecule has 2 heterocycles. The molecule has 4 rings (SSSR count). The Morgan fingerprint density at radius 3 is 2.50 bits per heavy atom. The van der Waals surface area contributed by atoms with Crippen LogP contribution in [0.25, 0.3) is 16.8 Å². The standard InChI is InChI=1S/C20H16N4OS/c25-20(19-17(11-12-26-19)15-7-3-1-4-8-15)21-13-18-23-22-14-24(18)16-9-5-2-6-10-16/h1-12,14H,13H2,(H,21,25). The Hall–Kier alpha value is -3.25. The van der Waals surface area contributed by atoms with Gasteiger partial charge in [-0.1, -0.05) is 48.5 Å². The van der Waals surface area contributed by atoms with Gasteiger partial charge < -0.3 is 5.32 Å². The summed E-state index contributed by atoms with van der Waals surface area (Å²) in [5, 5.41) is 13.0. The minimum atomic E-state index is -0.110. The fourth-order valence-electron chi connectivity index (χ4n) is 2.75. The summed E-state index contributed by atoms with van der Waals surface area (Å²) in [5.74, 6) is 0.573. The largest absolute Gasteiger partial charge is 0.344 e. The summed E-state index contributed by atoms with van der Waals surface area (Å²) in [4.78, 5) is 13.4. The number of carbonyl (C=O) groups excluding carboxylic acids is 1. The molecule has 0 fully saturated rings. The van der Waals surface area contributed by atoms with Gasteiger partial charge in [0, 0.05) is 11.3 Å². The molecule has 0 radical (unpaired) electrons. The molecule has 0 aliphatic rings. The summed E-state index contributed by atoms with van der Waals surface area (Å²) in [6.07, 6.45) is 1.65. The fourth-order valence-corrected chi connectivity index (χ4v) is 3.59. The molecule has 5 nitrogen and oxygen atoms in total. The Bertz CT molecular complexity index is 1010. The normalized spacial score (nSPS) is 10.6. The zero-order valence-electron chi connectivity index (χ0n) is 13.9. The van der Waals surface area contributed by atoms with Gasteiger partial charge in [-0.3, -0.25) is 9.36 Å². The quantitative estimate of drug-likeness (QED) is 0.587. The van der Waals surface area contributed by atoms with E-state index in [0.29, 0.717) is 17.2 Å². The van der Waals surface area contributed by atoms with E-state index in [0.717, 1.165) is 16.8 Å². The molecule has 0 saturated heterocycles. The topological polar surface area (TPSA) is 59.8 Å². The van der Waals surface area contributed by atoms with E-state index in [9.17, 15) is 4.79 Å². The van der Waals surface area contributed by atoms with Crippen LogP contribution >= 0.6 is 11.3 Å². The van der Waals surface area contributed by atoms with Crippen molar-refractivity contribution in [2.45, 2.75) is 6.54 Å². The fraction of sp³-hybridized carbons (Fsp3) is 0.0500. The summed E-state index contributed by atoms with van der Waals surface area (Å²) in [7, 11) is 0.